The van der Waals surface area contributed by atoms with Crippen LogP contribution in [0.1, 0.15) is 33.6 Å². The molecule has 15 heavy (non-hydrogen) atoms. The molecule has 88 valence electrons. The molecule has 0 aromatic heterocycles. The molecule has 0 radical (unpaired) electrons. The second-order valence-electron chi connectivity index (χ2n) is 5.10. The molecule has 0 aliphatic carbocycles. The molecule has 0 saturated carbocycles. The van der Waals surface area contributed by atoms with Crippen LogP contribution >= 0.6 is 0 Å². The van der Waals surface area contributed by atoms with Gasteiger partial charge in [-0.15, -0.1) is 0 Å². The first-order valence-electron chi connectivity index (χ1n) is 5.56. The Balaban J connectivity index is 2.28. The van der Waals surface area contributed by atoms with Crippen molar-refractivity contribution in [1.82, 2.24) is 4.90 Å². The first kappa shape index (κ1) is 12.5. The number of carbonyl (C=O) groups is 1. The lowest BCUT2D eigenvalue weighted by Crippen LogP contribution is -2.47. The molecule has 4 nitrogen and oxygen atoms in total. The number of nitrogens with zero attached hydrogens (tertiary/aromatic N) is 1. The van der Waals surface area contributed by atoms with E-state index in [1.54, 1.807) is 4.90 Å². The smallest absolute Gasteiger partial charge is 0.222 e. The van der Waals surface area contributed by atoms with E-state index in [2.05, 4.69) is 0 Å². The van der Waals surface area contributed by atoms with Crippen LogP contribution in [0.15, 0.2) is 0 Å². The van der Waals surface area contributed by atoms with E-state index in [-0.39, 0.29) is 17.6 Å². The molecule has 0 aromatic carbocycles. The van der Waals surface area contributed by atoms with Gasteiger partial charge in [0.15, 0.2) is 0 Å². The quantitative estimate of drug-likeness (QED) is 0.754. The van der Waals surface area contributed by atoms with Crippen molar-refractivity contribution in [2.45, 2.75) is 45.3 Å². The minimum absolute atomic E-state index is 0.136. The molecule has 2 N–H and O–H groups in total. The van der Waals surface area contributed by atoms with Crippen molar-refractivity contribution in [1.29, 1.82) is 0 Å². The molecule has 4 heteroatoms. The molecule has 1 amide bonds. The second kappa shape index (κ2) is 4.94. The molecule has 1 fully saturated rings. The van der Waals surface area contributed by atoms with E-state index < -0.39 is 0 Å². The molecular weight excluding hydrogens is 192 g/mol. The highest BCUT2D eigenvalue weighted by Gasteiger charge is 2.23. The Morgan fingerprint density at radius 2 is 2.20 bits per heavy atom. The van der Waals surface area contributed by atoms with Crippen LogP contribution in [0.25, 0.3) is 0 Å². The Labute approximate surface area is 91.8 Å². The van der Waals surface area contributed by atoms with Gasteiger partial charge in [0.1, 0.15) is 0 Å². The monoisotopic (exact) mass is 214 g/mol. The molecule has 1 saturated heterocycles. The number of carbonyl (C=O) groups excluding carboxylic acids is 1. The summed E-state index contributed by atoms with van der Waals surface area (Å²) in [6, 6.07) is 0.136. The molecule has 0 bridgehead atoms. The van der Waals surface area contributed by atoms with E-state index in [1.165, 1.54) is 0 Å². The lowest BCUT2D eigenvalue weighted by molar-refractivity contribution is -0.135. The Bertz CT molecular complexity index is 223. The minimum atomic E-state index is -0.138. The molecule has 1 heterocycles. The fraction of sp³-hybridized carbons (Fsp3) is 0.909. The lowest BCUT2D eigenvalue weighted by Gasteiger charge is -2.31. The maximum Gasteiger partial charge on any atom is 0.222 e. The van der Waals surface area contributed by atoms with E-state index >= 15 is 0 Å². The highest BCUT2D eigenvalue weighted by atomic mass is 16.5. The Kier molecular flexibility index (Phi) is 4.11. The highest BCUT2D eigenvalue weighted by molar-refractivity contribution is 5.77. The van der Waals surface area contributed by atoms with Gasteiger partial charge < -0.3 is 15.4 Å². The first-order valence-corrected chi connectivity index (χ1v) is 5.56. The van der Waals surface area contributed by atoms with Gasteiger partial charge >= 0.3 is 0 Å². The van der Waals surface area contributed by atoms with Crippen LogP contribution in [-0.4, -0.2) is 42.1 Å². The Hall–Kier alpha value is -0.610. The SMILES string of the molecule is CC(C)(C)OCCN1CC(N)CCC1=O. The first-order chi connectivity index (χ1) is 6.88. The van der Waals surface area contributed by atoms with Gasteiger partial charge in [-0.1, -0.05) is 0 Å². The lowest BCUT2D eigenvalue weighted by atomic mass is 10.1. The predicted molar refractivity (Wildman–Crippen MR) is 59.5 cm³/mol. The van der Waals surface area contributed by atoms with Crippen molar-refractivity contribution in [2.75, 3.05) is 19.7 Å². The van der Waals surface area contributed by atoms with Crippen molar-refractivity contribution >= 4 is 5.91 Å². The fourth-order valence-electron chi connectivity index (χ4n) is 1.62. The summed E-state index contributed by atoms with van der Waals surface area (Å²) in [7, 11) is 0. The van der Waals surface area contributed by atoms with Gasteiger partial charge in [-0.05, 0) is 27.2 Å². The van der Waals surface area contributed by atoms with Gasteiger partial charge in [-0.3, -0.25) is 4.79 Å². The largest absolute Gasteiger partial charge is 0.374 e. The maximum atomic E-state index is 11.5. The number of ether oxygens (including phenoxy) is 1. The van der Waals surface area contributed by atoms with Crippen LogP contribution in [0.3, 0.4) is 0 Å². The molecule has 0 aromatic rings. The van der Waals surface area contributed by atoms with Crippen molar-refractivity contribution in [3.8, 4) is 0 Å². The van der Waals surface area contributed by atoms with Gasteiger partial charge in [0.05, 0.1) is 12.2 Å². The normalized spacial score (nSPS) is 23.3. The van der Waals surface area contributed by atoms with Gasteiger partial charge in [-0.2, -0.15) is 0 Å². The minimum Gasteiger partial charge on any atom is -0.374 e. The van der Waals surface area contributed by atoms with Gasteiger partial charge in [-0.25, -0.2) is 0 Å². The zero-order valence-corrected chi connectivity index (χ0v) is 9.95. The number of amides is 1. The molecule has 1 rings (SSSR count). The van der Waals surface area contributed by atoms with Gasteiger partial charge in [0.25, 0.3) is 0 Å². The predicted octanol–water partition coefficient (Wildman–Crippen LogP) is 0.751. The summed E-state index contributed by atoms with van der Waals surface area (Å²) in [5.41, 5.74) is 5.67. The van der Waals surface area contributed by atoms with E-state index in [1.807, 2.05) is 20.8 Å². The number of hydrogen-bond acceptors (Lipinski definition) is 3. The topological polar surface area (TPSA) is 55.6 Å². The number of hydrogen-bond donors (Lipinski definition) is 1. The summed E-state index contributed by atoms with van der Waals surface area (Å²) in [5, 5.41) is 0. The summed E-state index contributed by atoms with van der Waals surface area (Å²) < 4.78 is 5.58. The van der Waals surface area contributed by atoms with Crippen molar-refractivity contribution in [3.63, 3.8) is 0 Å². The van der Waals surface area contributed by atoms with Crippen molar-refractivity contribution in [2.24, 2.45) is 5.73 Å². The molecule has 1 aliphatic rings. The average molecular weight is 214 g/mol. The van der Waals surface area contributed by atoms with E-state index in [0.717, 1.165) is 6.42 Å². The molecule has 0 spiro atoms. The third kappa shape index (κ3) is 4.62. The third-order valence-electron chi connectivity index (χ3n) is 2.43. The fourth-order valence-corrected chi connectivity index (χ4v) is 1.62. The Morgan fingerprint density at radius 1 is 1.53 bits per heavy atom. The zero-order chi connectivity index (χ0) is 11.5. The van der Waals surface area contributed by atoms with Crippen molar-refractivity contribution < 1.29 is 9.53 Å². The van der Waals surface area contributed by atoms with Crippen LogP contribution in [-0.2, 0) is 9.53 Å². The number of likely N-dealkylation sites (tertiary alicyclic amines) is 1. The number of nitrogens with two attached hydrogens (primary N) is 1. The maximum absolute atomic E-state index is 11.5. The highest BCUT2D eigenvalue weighted by Crippen LogP contribution is 2.11. The molecule has 1 aliphatic heterocycles. The van der Waals surface area contributed by atoms with Crippen LogP contribution in [0.5, 0.6) is 0 Å². The third-order valence-corrected chi connectivity index (χ3v) is 2.43. The molecule has 1 unspecified atom stereocenters. The molecule has 1 atom stereocenters. The van der Waals surface area contributed by atoms with Crippen LogP contribution < -0.4 is 5.73 Å². The van der Waals surface area contributed by atoms with E-state index in [4.69, 9.17) is 10.5 Å². The Morgan fingerprint density at radius 3 is 2.80 bits per heavy atom. The van der Waals surface area contributed by atoms with E-state index in [0.29, 0.717) is 26.1 Å². The van der Waals surface area contributed by atoms with Crippen LogP contribution in [0.2, 0.25) is 0 Å². The summed E-state index contributed by atoms with van der Waals surface area (Å²) in [4.78, 5) is 13.3. The van der Waals surface area contributed by atoms with Crippen LogP contribution in [0.4, 0.5) is 0 Å². The summed E-state index contributed by atoms with van der Waals surface area (Å²) in [6.45, 7) is 7.95. The van der Waals surface area contributed by atoms with Gasteiger partial charge in [0.2, 0.25) is 5.91 Å². The summed E-state index contributed by atoms with van der Waals surface area (Å²) >= 11 is 0. The number of rotatable bonds is 3. The molecular formula is C11H22N2O2. The summed E-state index contributed by atoms with van der Waals surface area (Å²) in [6.07, 6.45) is 1.39. The average Bonchev–Trinajstić information content (AvgIpc) is 2.09. The summed E-state index contributed by atoms with van der Waals surface area (Å²) in [5.74, 6) is 0.203. The standard InChI is InChI=1S/C11H22N2O2/c1-11(2,3)15-7-6-13-8-9(12)4-5-10(13)14/h9H,4-8,12H2,1-3H3. The zero-order valence-electron chi connectivity index (χ0n) is 9.95. The second-order valence-corrected chi connectivity index (χ2v) is 5.10. The van der Waals surface area contributed by atoms with Crippen LogP contribution in [0, 0.1) is 0 Å². The van der Waals surface area contributed by atoms with Gasteiger partial charge in [0, 0.05) is 25.6 Å². The van der Waals surface area contributed by atoms with E-state index in [9.17, 15) is 4.79 Å². The van der Waals surface area contributed by atoms with Crippen molar-refractivity contribution in [3.05, 3.63) is 0 Å². The number of piperidine rings is 1.